The third kappa shape index (κ3) is 3.92. The van der Waals surface area contributed by atoms with Gasteiger partial charge in [0.15, 0.2) is 0 Å². The van der Waals surface area contributed by atoms with Crippen molar-refractivity contribution in [2.75, 3.05) is 32.7 Å². The number of hydrogen-bond donors (Lipinski definition) is 0. The Morgan fingerprint density at radius 2 is 1.68 bits per heavy atom. The van der Waals surface area contributed by atoms with Crippen molar-refractivity contribution in [3.63, 3.8) is 0 Å². The van der Waals surface area contributed by atoms with Crippen LogP contribution in [0.5, 0.6) is 0 Å². The molecule has 1 aromatic carbocycles. The van der Waals surface area contributed by atoms with Crippen LogP contribution < -0.4 is 0 Å². The molecule has 4 saturated carbocycles. The number of rotatable bonds is 5. The molecule has 0 aromatic heterocycles. The van der Waals surface area contributed by atoms with Crippen LogP contribution in [-0.4, -0.2) is 52.8 Å². The average Bonchev–Trinajstić information content (AvgIpc) is 2.65. The van der Waals surface area contributed by atoms with E-state index in [0.29, 0.717) is 15.6 Å². The molecule has 152 valence electrons. The molecular weight excluding hydrogens is 412 g/mol. The fourth-order valence-electron chi connectivity index (χ4n) is 7.13. The molecule has 1 amide bonds. The number of nitrogens with zero attached hydrogens (tertiary/aromatic N) is 2. The zero-order valence-electron chi connectivity index (χ0n) is 16.9. The molecule has 1 aromatic rings. The van der Waals surface area contributed by atoms with Crippen LogP contribution in [0.25, 0.3) is 0 Å². The monoisotopic (exact) mass is 444 g/mol. The van der Waals surface area contributed by atoms with Crippen molar-refractivity contribution >= 4 is 21.8 Å². The SMILES string of the molecule is O=C(CC12C[C@H]3C[C@@H](CC(Br)(C3)C1)C2)N1CCN(CCc2ccccc2)CC1. The second-order valence-corrected chi connectivity index (χ2v) is 11.9. The minimum Gasteiger partial charge on any atom is -0.340 e. The van der Waals surface area contributed by atoms with E-state index in [9.17, 15) is 4.79 Å². The van der Waals surface area contributed by atoms with Crippen molar-refractivity contribution in [1.82, 2.24) is 9.80 Å². The minimum atomic E-state index is 0.301. The molecule has 4 heteroatoms. The van der Waals surface area contributed by atoms with Crippen LogP contribution >= 0.6 is 15.9 Å². The largest absolute Gasteiger partial charge is 0.340 e. The fourth-order valence-corrected chi connectivity index (χ4v) is 8.64. The lowest BCUT2D eigenvalue weighted by Crippen LogP contribution is -2.55. The van der Waals surface area contributed by atoms with Gasteiger partial charge in [0.05, 0.1) is 0 Å². The number of amides is 1. The Balaban J connectivity index is 1.13. The molecule has 1 aliphatic heterocycles. The number of alkyl halides is 1. The first kappa shape index (κ1) is 19.1. The molecule has 6 rings (SSSR count). The normalized spacial score (nSPS) is 37.4. The Kier molecular flexibility index (Phi) is 5.07. The molecule has 28 heavy (non-hydrogen) atoms. The Hall–Kier alpha value is -0.870. The number of benzene rings is 1. The van der Waals surface area contributed by atoms with Crippen LogP contribution in [0.1, 0.15) is 50.5 Å². The molecular formula is C24H33BrN2O. The molecule has 1 saturated heterocycles. The summed E-state index contributed by atoms with van der Waals surface area (Å²) >= 11 is 4.09. The number of carbonyl (C=O) groups excluding carboxylic acids is 1. The van der Waals surface area contributed by atoms with Gasteiger partial charge in [-0.15, -0.1) is 0 Å². The van der Waals surface area contributed by atoms with E-state index >= 15 is 0 Å². The lowest BCUT2D eigenvalue weighted by molar-refractivity contribution is -0.140. The molecule has 4 aliphatic carbocycles. The highest BCUT2D eigenvalue weighted by atomic mass is 79.9. The van der Waals surface area contributed by atoms with Gasteiger partial charge >= 0.3 is 0 Å². The predicted octanol–water partition coefficient (Wildman–Crippen LogP) is 4.50. The molecule has 5 fully saturated rings. The topological polar surface area (TPSA) is 23.6 Å². The maximum atomic E-state index is 13.2. The van der Waals surface area contributed by atoms with Gasteiger partial charge < -0.3 is 4.90 Å². The molecule has 0 radical (unpaired) electrons. The first-order valence-electron chi connectivity index (χ1n) is 11.2. The van der Waals surface area contributed by atoms with Crippen molar-refractivity contribution in [3.8, 4) is 0 Å². The smallest absolute Gasteiger partial charge is 0.223 e. The highest BCUT2D eigenvalue weighted by Gasteiger charge is 2.57. The highest BCUT2D eigenvalue weighted by molar-refractivity contribution is 9.10. The summed E-state index contributed by atoms with van der Waals surface area (Å²) in [6.45, 7) is 4.98. The van der Waals surface area contributed by atoms with Crippen molar-refractivity contribution in [3.05, 3.63) is 35.9 Å². The van der Waals surface area contributed by atoms with E-state index in [1.54, 1.807) is 0 Å². The minimum absolute atomic E-state index is 0.301. The summed E-state index contributed by atoms with van der Waals surface area (Å²) in [6.07, 6.45) is 9.86. The van der Waals surface area contributed by atoms with Crippen molar-refractivity contribution in [1.29, 1.82) is 0 Å². The molecule has 0 N–H and O–H groups in total. The lowest BCUT2D eigenvalue weighted by atomic mass is 9.48. The van der Waals surface area contributed by atoms with Crippen LogP contribution in [-0.2, 0) is 11.2 Å². The van der Waals surface area contributed by atoms with Crippen LogP contribution in [0.15, 0.2) is 30.3 Å². The molecule has 3 nitrogen and oxygen atoms in total. The standard InChI is InChI=1S/C24H33BrN2O/c25-24-15-20-12-21(16-24)14-23(13-20,18-24)17-22(28)27-10-8-26(9-11-27)7-6-19-4-2-1-3-5-19/h1-5,20-21H,6-18H2/t20-,21-,23?,24?/m1/s1. The fraction of sp³-hybridized carbons (Fsp3) is 0.708. The Morgan fingerprint density at radius 3 is 2.32 bits per heavy atom. The van der Waals surface area contributed by atoms with Crippen LogP contribution in [0.3, 0.4) is 0 Å². The number of piperazine rings is 1. The van der Waals surface area contributed by atoms with Gasteiger partial charge in [0.1, 0.15) is 0 Å². The third-order valence-electron chi connectivity index (χ3n) is 7.92. The van der Waals surface area contributed by atoms with Crippen molar-refractivity contribution < 1.29 is 4.79 Å². The van der Waals surface area contributed by atoms with E-state index in [1.165, 1.54) is 44.1 Å². The average molecular weight is 445 g/mol. The summed E-state index contributed by atoms with van der Waals surface area (Å²) in [5.41, 5.74) is 1.71. The number of carbonyl (C=O) groups is 1. The van der Waals surface area contributed by atoms with E-state index in [4.69, 9.17) is 0 Å². The Morgan fingerprint density at radius 1 is 1.00 bits per heavy atom. The van der Waals surface area contributed by atoms with Crippen molar-refractivity contribution in [2.24, 2.45) is 17.3 Å². The quantitative estimate of drug-likeness (QED) is 0.624. The Bertz CT molecular complexity index is 699. The van der Waals surface area contributed by atoms with Crippen LogP contribution in [0, 0.1) is 17.3 Å². The first-order chi connectivity index (χ1) is 13.5. The summed E-state index contributed by atoms with van der Waals surface area (Å²) in [7, 11) is 0. The molecule has 4 bridgehead atoms. The molecule has 0 spiro atoms. The summed E-state index contributed by atoms with van der Waals surface area (Å²) < 4.78 is 0.355. The van der Waals surface area contributed by atoms with Gasteiger partial charge in [-0.2, -0.15) is 0 Å². The van der Waals surface area contributed by atoms with Gasteiger partial charge in [-0.1, -0.05) is 46.3 Å². The van der Waals surface area contributed by atoms with Gasteiger partial charge in [0, 0.05) is 43.5 Å². The van der Waals surface area contributed by atoms with E-state index in [1.807, 2.05) is 0 Å². The number of halogens is 1. The van der Waals surface area contributed by atoms with Crippen LogP contribution in [0.4, 0.5) is 0 Å². The number of hydrogen-bond acceptors (Lipinski definition) is 2. The van der Waals surface area contributed by atoms with Gasteiger partial charge in [0.25, 0.3) is 0 Å². The highest BCUT2D eigenvalue weighted by Crippen LogP contribution is 2.65. The van der Waals surface area contributed by atoms with E-state index in [0.717, 1.165) is 57.4 Å². The molecule has 0 unspecified atom stereocenters. The third-order valence-corrected chi connectivity index (χ3v) is 8.85. The van der Waals surface area contributed by atoms with Crippen molar-refractivity contribution in [2.45, 2.75) is 55.7 Å². The first-order valence-corrected chi connectivity index (χ1v) is 12.0. The van der Waals surface area contributed by atoms with E-state index < -0.39 is 0 Å². The van der Waals surface area contributed by atoms with Gasteiger partial charge in [-0.3, -0.25) is 9.69 Å². The van der Waals surface area contributed by atoms with Gasteiger partial charge in [-0.25, -0.2) is 0 Å². The summed E-state index contributed by atoms with van der Waals surface area (Å²) in [4.78, 5) is 17.9. The summed E-state index contributed by atoms with van der Waals surface area (Å²) in [6, 6.07) is 10.7. The maximum absolute atomic E-state index is 13.2. The van der Waals surface area contributed by atoms with E-state index in [-0.39, 0.29) is 0 Å². The molecule has 5 aliphatic rings. The zero-order chi connectivity index (χ0) is 19.2. The Labute approximate surface area is 178 Å². The lowest BCUT2D eigenvalue weighted by Gasteiger charge is -2.60. The summed E-state index contributed by atoms with van der Waals surface area (Å²) in [5.74, 6) is 2.16. The van der Waals surface area contributed by atoms with Gasteiger partial charge in [0.2, 0.25) is 5.91 Å². The van der Waals surface area contributed by atoms with E-state index in [2.05, 4.69) is 56.1 Å². The zero-order valence-corrected chi connectivity index (χ0v) is 18.5. The summed E-state index contributed by atoms with van der Waals surface area (Å²) in [5, 5.41) is 0. The molecule has 2 atom stereocenters. The van der Waals surface area contributed by atoms with Crippen LogP contribution in [0.2, 0.25) is 0 Å². The van der Waals surface area contributed by atoms with Gasteiger partial charge in [-0.05, 0) is 67.8 Å². The molecule has 1 heterocycles. The predicted molar refractivity (Wildman–Crippen MR) is 117 cm³/mol. The second kappa shape index (κ2) is 7.43. The second-order valence-electron chi connectivity index (χ2n) is 10.2. The maximum Gasteiger partial charge on any atom is 0.223 e.